The highest BCUT2D eigenvalue weighted by Gasteiger charge is 2.23. The van der Waals surface area contributed by atoms with Crippen molar-refractivity contribution in [1.29, 1.82) is 0 Å². The summed E-state index contributed by atoms with van der Waals surface area (Å²) in [6.45, 7) is 1.96. The zero-order chi connectivity index (χ0) is 17.0. The second kappa shape index (κ2) is 7.11. The van der Waals surface area contributed by atoms with Gasteiger partial charge in [0, 0.05) is 5.56 Å². The molecule has 1 N–H and O–H groups in total. The lowest BCUT2D eigenvalue weighted by Crippen LogP contribution is -2.13. The third-order valence-corrected chi connectivity index (χ3v) is 5.47. The van der Waals surface area contributed by atoms with E-state index < -0.39 is 10.0 Å². The summed E-state index contributed by atoms with van der Waals surface area (Å²) in [4.78, 5) is 0.192. The van der Waals surface area contributed by atoms with E-state index in [0.717, 1.165) is 11.3 Å². The largest absolute Gasteiger partial charge is 0.347 e. The molecular formula is C17H16N2O3S2. The lowest BCUT2D eigenvalue weighted by Gasteiger charge is -2.09. The molecule has 0 atom stereocenters. The second-order valence-electron chi connectivity index (χ2n) is 4.91. The zero-order valence-corrected chi connectivity index (χ0v) is 14.6. The first kappa shape index (κ1) is 16.6. The molecule has 0 fully saturated rings. The number of rotatable bonds is 6. The van der Waals surface area contributed by atoms with Crippen molar-refractivity contribution in [3.8, 4) is 11.3 Å². The van der Waals surface area contributed by atoms with Crippen molar-refractivity contribution in [1.82, 2.24) is 5.16 Å². The number of thioether (sulfide) groups is 1. The molecule has 0 aliphatic rings. The van der Waals surface area contributed by atoms with Gasteiger partial charge < -0.3 is 4.52 Å². The van der Waals surface area contributed by atoms with Gasteiger partial charge in [-0.15, -0.1) is 0 Å². The van der Waals surface area contributed by atoms with E-state index >= 15 is 0 Å². The molecule has 0 saturated heterocycles. The second-order valence-corrected chi connectivity index (χ2v) is 7.83. The van der Waals surface area contributed by atoms with Gasteiger partial charge in [0.1, 0.15) is 11.4 Å². The van der Waals surface area contributed by atoms with Gasteiger partial charge in [0.15, 0.2) is 0 Å². The predicted molar refractivity (Wildman–Crippen MR) is 95.6 cm³/mol. The van der Waals surface area contributed by atoms with Crippen molar-refractivity contribution in [3.05, 3.63) is 60.7 Å². The number of aromatic nitrogens is 1. The van der Waals surface area contributed by atoms with Crippen LogP contribution in [0.4, 0.5) is 5.69 Å². The molecule has 3 rings (SSSR count). The molecule has 0 radical (unpaired) electrons. The van der Waals surface area contributed by atoms with Gasteiger partial charge >= 0.3 is 0 Å². The van der Waals surface area contributed by atoms with Crippen LogP contribution in [0.1, 0.15) is 6.92 Å². The molecule has 1 aromatic heterocycles. The first-order valence-corrected chi connectivity index (χ1v) is 9.84. The van der Waals surface area contributed by atoms with E-state index in [0.29, 0.717) is 16.5 Å². The third kappa shape index (κ3) is 3.47. The number of nitrogens with one attached hydrogen (secondary N) is 1. The molecule has 0 saturated carbocycles. The monoisotopic (exact) mass is 360 g/mol. The summed E-state index contributed by atoms with van der Waals surface area (Å²) in [6.07, 6.45) is 0. The molecule has 0 unspecified atom stereocenters. The van der Waals surface area contributed by atoms with Crippen molar-refractivity contribution < 1.29 is 12.9 Å². The Kier molecular flexibility index (Phi) is 4.92. The van der Waals surface area contributed by atoms with Crippen LogP contribution in [-0.2, 0) is 10.0 Å². The number of hydrogen-bond donors (Lipinski definition) is 1. The third-order valence-electron chi connectivity index (χ3n) is 3.27. The number of hydrogen-bond acceptors (Lipinski definition) is 5. The van der Waals surface area contributed by atoms with E-state index in [-0.39, 0.29) is 4.90 Å². The smallest absolute Gasteiger partial charge is 0.262 e. The molecular weight excluding hydrogens is 344 g/mol. The van der Waals surface area contributed by atoms with Crippen molar-refractivity contribution in [2.24, 2.45) is 0 Å². The molecule has 24 heavy (non-hydrogen) atoms. The van der Waals surface area contributed by atoms with E-state index in [1.807, 2.05) is 37.3 Å². The molecule has 0 spiro atoms. The van der Waals surface area contributed by atoms with Gasteiger partial charge in [0.05, 0.1) is 4.90 Å². The highest BCUT2D eigenvalue weighted by molar-refractivity contribution is 7.99. The quantitative estimate of drug-likeness (QED) is 0.665. The predicted octanol–water partition coefficient (Wildman–Crippen LogP) is 4.25. The summed E-state index contributed by atoms with van der Waals surface area (Å²) < 4.78 is 33.3. The Balaban J connectivity index is 2.05. The van der Waals surface area contributed by atoms with Crippen LogP contribution in [0, 0.1) is 0 Å². The molecule has 7 heteroatoms. The fourth-order valence-corrected chi connectivity index (χ4v) is 3.98. The normalized spacial score (nSPS) is 11.4. The molecule has 1 heterocycles. The molecule has 0 bridgehead atoms. The Labute approximate surface area is 145 Å². The van der Waals surface area contributed by atoms with Crippen LogP contribution < -0.4 is 4.72 Å². The van der Waals surface area contributed by atoms with Crippen molar-refractivity contribution in [2.45, 2.75) is 16.9 Å². The molecule has 124 valence electrons. The van der Waals surface area contributed by atoms with Gasteiger partial charge in [-0.3, -0.25) is 4.72 Å². The maximum Gasteiger partial charge on any atom is 0.262 e. The molecule has 0 aliphatic heterocycles. The number of nitrogens with zero attached hydrogens (tertiary/aromatic N) is 1. The lowest BCUT2D eigenvalue weighted by atomic mass is 10.1. The first-order valence-electron chi connectivity index (χ1n) is 7.37. The summed E-state index contributed by atoms with van der Waals surface area (Å²) in [7, 11) is -3.72. The van der Waals surface area contributed by atoms with Crippen LogP contribution in [0.3, 0.4) is 0 Å². The van der Waals surface area contributed by atoms with Gasteiger partial charge in [-0.2, -0.15) is 0 Å². The maximum atomic E-state index is 12.6. The first-order chi connectivity index (χ1) is 11.6. The van der Waals surface area contributed by atoms with Gasteiger partial charge in [-0.05, 0) is 17.9 Å². The SMILES string of the molecule is CCSc1onc(-c2ccccc2)c1NS(=O)(=O)c1ccccc1. The van der Waals surface area contributed by atoms with Crippen LogP contribution >= 0.6 is 11.8 Å². The Morgan fingerprint density at radius 1 is 1.04 bits per heavy atom. The average molecular weight is 360 g/mol. The highest BCUT2D eigenvalue weighted by Crippen LogP contribution is 2.37. The Morgan fingerprint density at radius 2 is 1.67 bits per heavy atom. The standard InChI is InChI=1S/C17H16N2O3S2/c1-2-23-17-16(15(18-22-17)13-9-5-3-6-10-13)19-24(20,21)14-11-7-4-8-12-14/h3-12,19H,2H2,1H3. The summed E-state index contributed by atoms with van der Waals surface area (Å²) in [6, 6.07) is 17.6. The Bertz CT molecular complexity index is 908. The maximum absolute atomic E-state index is 12.6. The van der Waals surface area contributed by atoms with Crippen LogP contribution in [-0.4, -0.2) is 19.3 Å². The highest BCUT2D eigenvalue weighted by atomic mass is 32.2. The summed E-state index contributed by atoms with van der Waals surface area (Å²) in [5.74, 6) is 0.740. The van der Waals surface area contributed by atoms with Gasteiger partial charge in [0.2, 0.25) is 5.09 Å². The molecule has 0 amide bonds. The zero-order valence-electron chi connectivity index (χ0n) is 13.0. The number of anilines is 1. The fraction of sp³-hybridized carbons (Fsp3) is 0.118. The van der Waals surface area contributed by atoms with Gasteiger partial charge in [-0.1, -0.05) is 72.4 Å². The van der Waals surface area contributed by atoms with E-state index in [9.17, 15) is 8.42 Å². The topological polar surface area (TPSA) is 72.2 Å². The Hall–Kier alpha value is -2.25. The Morgan fingerprint density at radius 3 is 2.29 bits per heavy atom. The van der Waals surface area contributed by atoms with Crippen LogP contribution in [0.5, 0.6) is 0 Å². The van der Waals surface area contributed by atoms with E-state index in [4.69, 9.17) is 4.52 Å². The minimum atomic E-state index is -3.72. The van der Waals surface area contributed by atoms with Crippen molar-refractivity contribution >= 4 is 27.5 Å². The number of benzene rings is 2. The average Bonchev–Trinajstić information content (AvgIpc) is 2.99. The van der Waals surface area contributed by atoms with Crippen molar-refractivity contribution in [2.75, 3.05) is 10.5 Å². The molecule has 0 aliphatic carbocycles. The molecule has 3 aromatic rings. The minimum Gasteiger partial charge on any atom is -0.347 e. The molecule has 5 nitrogen and oxygen atoms in total. The number of sulfonamides is 1. The van der Waals surface area contributed by atoms with E-state index in [1.54, 1.807) is 30.3 Å². The molecule has 2 aromatic carbocycles. The fourth-order valence-electron chi connectivity index (χ4n) is 2.18. The summed E-state index contributed by atoms with van der Waals surface area (Å²) in [5, 5.41) is 4.51. The van der Waals surface area contributed by atoms with Gasteiger partial charge in [0.25, 0.3) is 10.0 Å². The van der Waals surface area contributed by atoms with Gasteiger partial charge in [-0.25, -0.2) is 8.42 Å². The van der Waals surface area contributed by atoms with E-state index in [2.05, 4.69) is 9.88 Å². The van der Waals surface area contributed by atoms with E-state index in [1.165, 1.54) is 11.8 Å². The van der Waals surface area contributed by atoms with Crippen LogP contribution in [0.25, 0.3) is 11.3 Å². The van der Waals surface area contributed by atoms with Crippen LogP contribution in [0.2, 0.25) is 0 Å². The lowest BCUT2D eigenvalue weighted by molar-refractivity contribution is 0.353. The summed E-state index contributed by atoms with van der Waals surface area (Å²) >= 11 is 1.40. The minimum absolute atomic E-state index is 0.192. The van der Waals surface area contributed by atoms with Crippen LogP contribution in [0.15, 0.2) is 75.2 Å². The van der Waals surface area contributed by atoms with Crippen molar-refractivity contribution in [3.63, 3.8) is 0 Å². The summed E-state index contributed by atoms with van der Waals surface area (Å²) in [5.41, 5.74) is 1.64.